The first kappa shape index (κ1) is 22.1. The normalized spacial score (nSPS) is 38.7. The number of carbonyl (C=O) groups excluding carboxylic acids is 1. The quantitative estimate of drug-likeness (QED) is 0.297. The Hall–Kier alpha value is -1.55. The first-order valence-electron chi connectivity index (χ1n) is 9.99. The largest absolute Gasteiger partial charge is 0.454 e. The first-order valence-corrected chi connectivity index (χ1v) is 9.99. The van der Waals surface area contributed by atoms with E-state index < -0.39 is 43.4 Å². The van der Waals surface area contributed by atoms with E-state index in [-0.39, 0.29) is 18.5 Å². The summed E-state index contributed by atoms with van der Waals surface area (Å²) in [6.45, 7) is 5.51. The highest BCUT2D eigenvalue weighted by Gasteiger charge is 2.44. The van der Waals surface area contributed by atoms with E-state index in [1.165, 1.54) is 5.57 Å². The first-order chi connectivity index (χ1) is 13.8. The van der Waals surface area contributed by atoms with Crippen LogP contribution in [0.3, 0.4) is 0 Å². The van der Waals surface area contributed by atoms with Gasteiger partial charge in [0.05, 0.1) is 13.2 Å². The van der Waals surface area contributed by atoms with E-state index in [4.69, 9.17) is 14.2 Å². The molecule has 0 amide bonds. The minimum Gasteiger partial charge on any atom is -0.454 e. The predicted octanol–water partition coefficient (Wildman–Crippen LogP) is 0.347. The third kappa shape index (κ3) is 4.96. The summed E-state index contributed by atoms with van der Waals surface area (Å²) < 4.78 is 16.5. The SMILES string of the molecule is C=C1C(=O)OC2C=C(COC3OC(CO)C(O)C(O)C3O)CCC=C(C)CCC12. The van der Waals surface area contributed by atoms with E-state index in [0.29, 0.717) is 12.0 Å². The molecule has 0 bridgehead atoms. The maximum atomic E-state index is 12.0. The summed E-state index contributed by atoms with van der Waals surface area (Å²) in [5, 5.41) is 39.2. The number of aliphatic hydroxyl groups excluding tert-OH is 4. The van der Waals surface area contributed by atoms with Gasteiger partial charge in [-0.25, -0.2) is 4.79 Å². The highest BCUT2D eigenvalue weighted by molar-refractivity contribution is 5.91. The molecule has 7 atom stereocenters. The van der Waals surface area contributed by atoms with Crippen molar-refractivity contribution in [2.75, 3.05) is 13.2 Å². The molecule has 162 valence electrons. The van der Waals surface area contributed by atoms with Crippen LogP contribution in [-0.4, -0.2) is 76.4 Å². The lowest BCUT2D eigenvalue weighted by molar-refractivity contribution is -0.299. The van der Waals surface area contributed by atoms with E-state index in [2.05, 4.69) is 19.6 Å². The zero-order valence-electron chi connectivity index (χ0n) is 16.6. The lowest BCUT2D eigenvalue weighted by Crippen LogP contribution is -2.59. The van der Waals surface area contributed by atoms with E-state index in [0.717, 1.165) is 24.8 Å². The van der Waals surface area contributed by atoms with Crippen molar-refractivity contribution in [2.24, 2.45) is 5.92 Å². The minimum atomic E-state index is -1.49. The summed E-state index contributed by atoms with van der Waals surface area (Å²) in [5.41, 5.74) is 2.59. The molecular weight excluding hydrogens is 380 g/mol. The average Bonchev–Trinajstić information content (AvgIpc) is 2.96. The number of carbonyl (C=O) groups is 1. The number of aliphatic hydroxyl groups is 4. The summed E-state index contributed by atoms with van der Waals surface area (Å²) in [4.78, 5) is 12.0. The summed E-state index contributed by atoms with van der Waals surface area (Å²) >= 11 is 0. The Bertz CT molecular complexity index is 682. The molecule has 7 unspecified atom stereocenters. The van der Waals surface area contributed by atoms with Gasteiger partial charge in [0.15, 0.2) is 6.29 Å². The maximum absolute atomic E-state index is 12.0. The number of hydrogen-bond donors (Lipinski definition) is 4. The highest BCUT2D eigenvalue weighted by atomic mass is 16.7. The van der Waals surface area contributed by atoms with Crippen molar-refractivity contribution in [1.82, 2.24) is 0 Å². The van der Waals surface area contributed by atoms with Crippen molar-refractivity contribution in [3.63, 3.8) is 0 Å². The van der Waals surface area contributed by atoms with Gasteiger partial charge in [-0.15, -0.1) is 0 Å². The van der Waals surface area contributed by atoms with Crippen LogP contribution in [0.4, 0.5) is 0 Å². The molecule has 2 aliphatic heterocycles. The van der Waals surface area contributed by atoms with Crippen molar-refractivity contribution in [2.45, 2.75) is 69.4 Å². The minimum absolute atomic E-state index is 0.0861. The van der Waals surface area contributed by atoms with Crippen LogP contribution in [0.1, 0.15) is 32.6 Å². The van der Waals surface area contributed by atoms with E-state index in [1.54, 1.807) is 0 Å². The van der Waals surface area contributed by atoms with Crippen LogP contribution in [-0.2, 0) is 19.0 Å². The Morgan fingerprint density at radius 2 is 1.97 bits per heavy atom. The Morgan fingerprint density at radius 3 is 2.69 bits per heavy atom. The third-order valence-electron chi connectivity index (χ3n) is 5.84. The van der Waals surface area contributed by atoms with E-state index in [9.17, 15) is 25.2 Å². The van der Waals surface area contributed by atoms with Crippen LogP contribution in [0.25, 0.3) is 0 Å². The van der Waals surface area contributed by atoms with E-state index in [1.807, 2.05) is 6.08 Å². The van der Waals surface area contributed by atoms with Crippen LogP contribution in [0.15, 0.2) is 35.5 Å². The van der Waals surface area contributed by atoms with E-state index >= 15 is 0 Å². The van der Waals surface area contributed by atoms with Gasteiger partial charge in [0, 0.05) is 11.5 Å². The summed E-state index contributed by atoms with van der Waals surface area (Å²) in [5.74, 6) is -0.474. The molecule has 1 aliphatic carbocycles. The molecule has 0 aromatic heterocycles. The van der Waals surface area contributed by atoms with Crippen LogP contribution in [0, 0.1) is 5.92 Å². The van der Waals surface area contributed by atoms with Gasteiger partial charge in [-0.2, -0.15) is 0 Å². The second-order valence-electron chi connectivity index (χ2n) is 7.96. The van der Waals surface area contributed by atoms with Gasteiger partial charge in [0.25, 0.3) is 0 Å². The second-order valence-corrected chi connectivity index (χ2v) is 7.96. The van der Waals surface area contributed by atoms with Crippen molar-refractivity contribution in [1.29, 1.82) is 0 Å². The summed E-state index contributed by atoms with van der Waals surface area (Å²) in [7, 11) is 0. The number of fused-ring (bicyclic) bond motifs is 1. The third-order valence-corrected chi connectivity index (χ3v) is 5.84. The van der Waals surface area contributed by atoms with Gasteiger partial charge in [-0.3, -0.25) is 0 Å². The predicted molar refractivity (Wildman–Crippen MR) is 103 cm³/mol. The fourth-order valence-corrected chi connectivity index (χ4v) is 3.94. The van der Waals surface area contributed by atoms with Gasteiger partial charge >= 0.3 is 5.97 Å². The van der Waals surface area contributed by atoms with Crippen molar-refractivity contribution in [3.05, 3.63) is 35.5 Å². The molecule has 2 fully saturated rings. The van der Waals surface area contributed by atoms with Crippen molar-refractivity contribution < 1.29 is 39.4 Å². The molecule has 0 saturated carbocycles. The lowest BCUT2D eigenvalue weighted by atomic mass is 9.88. The number of rotatable bonds is 4. The molecule has 3 aliphatic rings. The van der Waals surface area contributed by atoms with Gasteiger partial charge in [-0.1, -0.05) is 18.2 Å². The van der Waals surface area contributed by atoms with Crippen molar-refractivity contribution in [3.8, 4) is 0 Å². The Kier molecular flexibility index (Phi) is 7.26. The Balaban J connectivity index is 1.72. The van der Waals surface area contributed by atoms with Gasteiger partial charge in [-0.05, 0) is 44.3 Å². The second kappa shape index (κ2) is 9.51. The molecule has 0 radical (unpaired) electrons. The molecule has 0 aromatic rings. The van der Waals surface area contributed by atoms with Gasteiger partial charge in [0.1, 0.15) is 30.5 Å². The zero-order chi connectivity index (χ0) is 21.1. The summed E-state index contributed by atoms with van der Waals surface area (Å²) in [6.07, 6.45) is 0.142. The number of allylic oxidation sites excluding steroid dienone is 2. The Morgan fingerprint density at radius 1 is 1.21 bits per heavy atom. The molecule has 29 heavy (non-hydrogen) atoms. The van der Waals surface area contributed by atoms with Gasteiger partial charge in [0.2, 0.25) is 0 Å². The fraction of sp³-hybridized carbons (Fsp3) is 0.667. The zero-order valence-corrected chi connectivity index (χ0v) is 16.6. The molecule has 0 aromatic carbocycles. The molecule has 8 heteroatoms. The molecule has 8 nitrogen and oxygen atoms in total. The molecule has 4 N–H and O–H groups in total. The maximum Gasteiger partial charge on any atom is 0.334 e. The molecule has 0 spiro atoms. The topological polar surface area (TPSA) is 126 Å². The average molecular weight is 410 g/mol. The lowest BCUT2D eigenvalue weighted by Gasteiger charge is -2.39. The molecule has 2 heterocycles. The summed E-state index contributed by atoms with van der Waals surface area (Å²) in [6, 6.07) is 0. The van der Waals surface area contributed by atoms with Crippen LogP contribution in [0.2, 0.25) is 0 Å². The smallest absolute Gasteiger partial charge is 0.334 e. The standard InChI is InChI=1S/C21H30O8/c1-11-4-3-5-13(8-15-14(7-6-11)12(2)20(26)28-15)10-27-21-19(25)18(24)17(23)16(9-22)29-21/h4,8,14-19,21-25H,2-3,5-7,9-10H2,1H3. The molecule has 2 saturated heterocycles. The van der Waals surface area contributed by atoms with Crippen molar-refractivity contribution >= 4 is 5.97 Å². The van der Waals surface area contributed by atoms with Gasteiger partial charge < -0.3 is 34.6 Å². The van der Waals surface area contributed by atoms with Crippen LogP contribution in [0.5, 0.6) is 0 Å². The number of ether oxygens (including phenoxy) is 3. The number of hydrogen-bond acceptors (Lipinski definition) is 8. The molecular formula is C21H30O8. The van der Waals surface area contributed by atoms with Crippen LogP contribution < -0.4 is 0 Å². The monoisotopic (exact) mass is 410 g/mol. The Labute approximate surface area is 170 Å². The highest BCUT2D eigenvalue weighted by Crippen LogP contribution is 2.34. The molecule has 3 rings (SSSR count). The number of esters is 1. The fourth-order valence-electron chi connectivity index (χ4n) is 3.94. The van der Waals surface area contributed by atoms with Crippen LogP contribution >= 0.6 is 0 Å².